The highest BCUT2D eigenvalue weighted by atomic mass is 16.5. The van der Waals surface area contributed by atoms with Gasteiger partial charge in [0.1, 0.15) is 6.04 Å². The molecule has 0 bridgehead atoms. The predicted octanol–water partition coefficient (Wildman–Crippen LogP) is -0.748. The van der Waals surface area contributed by atoms with Gasteiger partial charge < -0.3 is 20.7 Å². The van der Waals surface area contributed by atoms with E-state index < -0.39 is 12.0 Å². The molecule has 0 aliphatic carbocycles. The number of carbonyl (C=O) groups excluding carboxylic acids is 3. The molecule has 3 N–H and O–H groups in total. The van der Waals surface area contributed by atoms with E-state index in [1.54, 1.807) is 0 Å². The number of methoxy groups -OCH3 is 1. The van der Waals surface area contributed by atoms with Crippen LogP contribution in [0.15, 0.2) is 0 Å². The fourth-order valence-electron chi connectivity index (χ4n) is 2.48. The number of hydrogen-bond donors (Lipinski definition) is 2. The van der Waals surface area contributed by atoms with E-state index in [4.69, 9.17) is 5.73 Å². The minimum absolute atomic E-state index is 0.260. The smallest absolute Gasteiger partial charge is 0.329 e. The second kappa shape index (κ2) is 7.84. The third-order valence-corrected chi connectivity index (χ3v) is 3.50. The Balaban J connectivity index is 2.44. The van der Waals surface area contributed by atoms with Crippen molar-refractivity contribution >= 4 is 17.8 Å². The number of hydrogen-bond acceptors (Lipinski definition) is 5. The van der Waals surface area contributed by atoms with Gasteiger partial charge in [-0.2, -0.15) is 0 Å². The molecule has 7 nitrogen and oxygen atoms in total. The van der Waals surface area contributed by atoms with E-state index in [-0.39, 0.29) is 11.8 Å². The molecule has 0 spiro atoms. The van der Waals surface area contributed by atoms with Crippen molar-refractivity contribution in [2.45, 2.75) is 32.2 Å². The molecule has 1 aliphatic heterocycles. The van der Waals surface area contributed by atoms with Crippen LogP contribution in [0.3, 0.4) is 0 Å². The lowest BCUT2D eigenvalue weighted by Gasteiger charge is -2.33. The van der Waals surface area contributed by atoms with E-state index >= 15 is 0 Å². The van der Waals surface area contributed by atoms with Crippen molar-refractivity contribution in [3.05, 3.63) is 0 Å². The van der Waals surface area contributed by atoms with Crippen molar-refractivity contribution in [3.63, 3.8) is 0 Å². The van der Waals surface area contributed by atoms with Gasteiger partial charge in [0.25, 0.3) is 0 Å². The number of nitrogens with zero attached hydrogens (tertiary/aromatic N) is 1. The Kier molecular flexibility index (Phi) is 6.44. The number of likely N-dealkylation sites (tertiary alicyclic amines) is 1. The number of amides is 2. The minimum atomic E-state index is -0.648. The number of ether oxygens (including phenoxy) is 1. The quantitative estimate of drug-likeness (QED) is 0.625. The number of carbonyl (C=O) groups is 3. The fraction of sp³-hybridized carbons (Fsp3) is 0.769. The van der Waals surface area contributed by atoms with Gasteiger partial charge in [-0.3, -0.25) is 9.59 Å². The van der Waals surface area contributed by atoms with Gasteiger partial charge in [-0.15, -0.1) is 0 Å². The molecular formula is C13H23N3O4. The average Bonchev–Trinajstić information content (AvgIpc) is 2.38. The van der Waals surface area contributed by atoms with Crippen LogP contribution in [0, 0.1) is 5.92 Å². The van der Waals surface area contributed by atoms with Crippen molar-refractivity contribution in [1.29, 1.82) is 0 Å². The summed E-state index contributed by atoms with van der Waals surface area (Å²) >= 11 is 0. The number of nitrogens with two attached hydrogens (primary N) is 1. The Morgan fingerprint density at radius 1 is 1.35 bits per heavy atom. The summed E-state index contributed by atoms with van der Waals surface area (Å²) in [6.07, 6.45) is 2.16. The average molecular weight is 285 g/mol. The molecule has 1 heterocycles. The van der Waals surface area contributed by atoms with E-state index in [0.29, 0.717) is 18.9 Å². The first-order chi connectivity index (χ1) is 9.42. The highest BCUT2D eigenvalue weighted by molar-refractivity contribution is 5.83. The summed E-state index contributed by atoms with van der Waals surface area (Å²) in [5, 5.41) is 2.59. The van der Waals surface area contributed by atoms with E-state index in [0.717, 1.165) is 25.9 Å². The maximum absolute atomic E-state index is 11.6. The number of primary amides is 1. The molecule has 20 heavy (non-hydrogen) atoms. The minimum Gasteiger partial charge on any atom is -0.467 e. The van der Waals surface area contributed by atoms with Gasteiger partial charge in [-0.1, -0.05) is 0 Å². The van der Waals surface area contributed by atoms with Crippen LogP contribution < -0.4 is 11.1 Å². The van der Waals surface area contributed by atoms with Gasteiger partial charge >= 0.3 is 5.97 Å². The van der Waals surface area contributed by atoms with Crippen molar-refractivity contribution in [3.8, 4) is 0 Å². The number of rotatable bonds is 6. The van der Waals surface area contributed by atoms with Crippen LogP contribution in [0.1, 0.15) is 26.2 Å². The van der Waals surface area contributed by atoms with E-state index in [9.17, 15) is 14.4 Å². The van der Waals surface area contributed by atoms with Crippen molar-refractivity contribution < 1.29 is 19.1 Å². The molecule has 1 fully saturated rings. The van der Waals surface area contributed by atoms with Gasteiger partial charge in [0, 0.05) is 19.9 Å². The zero-order valence-corrected chi connectivity index (χ0v) is 12.1. The van der Waals surface area contributed by atoms with Gasteiger partial charge in [0.15, 0.2) is 0 Å². The van der Waals surface area contributed by atoms with Crippen LogP contribution in [0.4, 0.5) is 0 Å². The van der Waals surface area contributed by atoms with Crippen LogP contribution in [0.5, 0.6) is 0 Å². The maximum atomic E-state index is 11.6. The van der Waals surface area contributed by atoms with Crippen LogP contribution >= 0.6 is 0 Å². The molecular weight excluding hydrogens is 262 g/mol. The van der Waals surface area contributed by atoms with Crippen LogP contribution in [-0.2, 0) is 19.1 Å². The molecule has 0 radical (unpaired) electrons. The summed E-state index contributed by atoms with van der Waals surface area (Å²) in [7, 11) is 1.30. The third kappa shape index (κ3) is 5.56. The van der Waals surface area contributed by atoms with Gasteiger partial charge in [-0.25, -0.2) is 4.79 Å². The zero-order chi connectivity index (χ0) is 15.1. The van der Waals surface area contributed by atoms with Gasteiger partial charge in [0.05, 0.1) is 7.11 Å². The number of nitrogens with one attached hydrogen (secondary N) is 1. The second-order valence-electron chi connectivity index (χ2n) is 5.19. The predicted molar refractivity (Wildman–Crippen MR) is 72.6 cm³/mol. The van der Waals surface area contributed by atoms with E-state index in [2.05, 4.69) is 15.0 Å². The van der Waals surface area contributed by atoms with Crippen molar-refractivity contribution in [2.75, 3.05) is 26.7 Å². The molecule has 7 heteroatoms. The Morgan fingerprint density at radius 3 is 2.40 bits per heavy atom. The summed E-state index contributed by atoms with van der Waals surface area (Å²) < 4.78 is 4.69. The van der Waals surface area contributed by atoms with Crippen molar-refractivity contribution in [2.24, 2.45) is 11.7 Å². The first kappa shape index (κ1) is 16.4. The van der Waals surface area contributed by atoms with Gasteiger partial charge in [0.2, 0.25) is 11.8 Å². The summed E-state index contributed by atoms with van der Waals surface area (Å²) in [5.41, 5.74) is 5.19. The second-order valence-corrected chi connectivity index (χ2v) is 5.19. The molecule has 1 atom stereocenters. The normalized spacial score (nSPS) is 18.3. The molecule has 1 unspecified atom stereocenters. The van der Waals surface area contributed by atoms with Crippen LogP contribution in [0.2, 0.25) is 0 Å². The molecule has 0 aromatic carbocycles. The number of esters is 1. The summed E-state index contributed by atoms with van der Waals surface area (Å²) in [4.78, 5) is 35.7. The zero-order valence-electron chi connectivity index (χ0n) is 12.1. The Labute approximate surface area is 118 Å². The standard InChI is InChI=1S/C13H23N3O4/c1-9(17)15-11(13(19)20-2)8-16-5-3-10(4-6-16)7-12(14)18/h10-11H,3-8H2,1-2H3,(H2,14,18)(H,15,17). The molecule has 0 aromatic heterocycles. The maximum Gasteiger partial charge on any atom is 0.329 e. The SMILES string of the molecule is COC(=O)C(CN1CCC(CC(N)=O)CC1)NC(C)=O. The molecule has 1 aliphatic rings. The molecule has 114 valence electrons. The lowest BCUT2D eigenvalue weighted by molar-refractivity contribution is -0.145. The van der Waals surface area contributed by atoms with Crippen LogP contribution in [0.25, 0.3) is 0 Å². The Hall–Kier alpha value is -1.63. The fourth-order valence-corrected chi connectivity index (χ4v) is 2.48. The van der Waals surface area contributed by atoms with Gasteiger partial charge in [-0.05, 0) is 31.8 Å². The van der Waals surface area contributed by atoms with Crippen LogP contribution in [-0.4, -0.2) is 55.5 Å². The first-order valence-corrected chi connectivity index (χ1v) is 6.78. The topological polar surface area (TPSA) is 102 Å². The van der Waals surface area contributed by atoms with E-state index in [1.807, 2.05) is 0 Å². The molecule has 1 saturated heterocycles. The molecule has 0 aromatic rings. The summed E-state index contributed by atoms with van der Waals surface area (Å²) in [5.74, 6) is -0.654. The largest absolute Gasteiger partial charge is 0.467 e. The van der Waals surface area contributed by atoms with Crippen molar-refractivity contribution in [1.82, 2.24) is 10.2 Å². The highest BCUT2D eigenvalue weighted by Gasteiger charge is 2.26. The summed E-state index contributed by atoms with van der Waals surface area (Å²) in [6, 6.07) is -0.648. The molecule has 1 rings (SSSR count). The lowest BCUT2D eigenvalue weighted by Crippen LogP contribution is -2.50. The first-order valence-electron chi connectivity index (χ1n) is 6.78. The lowest BCUT2D eigenvalue weighted by atomic mass is 9.93. The monoisotopic (exact) mass is 285 g/mol. The molecule has 2 amide bonds. The van der Waals surface area contributed by atoms with E-state index in [1.165, 1.54) is 14.0 Å². The number of piperidine rings is 1. The molecule has 0 saturated carbocycles. The Morgan fingerprint density at radius 2 is 1.95 bits per heavy atom. The summed E-state index contributed by atoms with van der Waals surface area (Å²) in [6.45, 7) is 3.36. The Bertz CT molecular complexity index is 365. The third-order valence-electron chi connectivity index (χ3n) is 3.50. The highest BCUT2D eigenvalue weighted by Crippen LogP contribution is 2.20.